The molecule has 0 spiro atoms. The van der Waals surface area contributed by atoms with Crippen LogP contribution in [0.25, 0.3) is 0 Å². The average Bonchev–Trinajstić information content (AvgIpc) is 1.72. The maximum Gasteiger partial charge on any atom is 0.184 e. The van der Waals surface area contributed by atoms with Gasteiger partial charge in [-0.15, -0.1) is 0 Å². The summed E-state index contributed by atoms with van der Waals surface area (Å²) in [7, 11) is 0. The van der Waals surface area contributed by atoms with Crippen LogP contribution in [0.2, 0.25) is 0 Å². The summed E-state index contributed by atoms with van der Waals surface area (Å²) in [5.41, 5.74) is -6.72. The molecule has 0 saturated carbocycles. The molecule has 0 rings (SSSR count). The summed E-state index contributed by atoms with van der Waals surface area (Å²) in [6.07, 6.45) is 59.4. The number of hydrogen-bond acceptors (Lipinski definition) is 10. The van der Waals surface area contributed by atoms with Gasteiger partial charge in [0.05, 0.1) is 0 Å². The van der Waals surface area contributed by atoms with Gasteiger partial charge in [0, 0.05) is 25.7 Å². The Balaban J connectivity index is 6.13. The van der Waals surface area contributed by atoms with Crippen molar-refractivity contribution in [3.05, 3.63) is 48.6 Å². The van der Waals surface area contributed by atoms with Crippen LogP contribution < -0.4 is 0 Å². The minimum atomic E-state index is -3.36. The first-order chi connectivity index (χ1) is 42.8. The lowest BCUT2D eigenvalue weighted by atomic mass is 9.71. The lowest BCUT2D eigenvalue weighted by molar-refractivity contribution is -0.225. The summed E-state index contributed by atoms with van der Waals surface area (Å²) in [6.45, 7) is 8.91. The van der Waals surface area contributed by atoms with Crippen molar-refractivity contribution in [3.8, 4) is 0 Å². The van der Waals surface area contributed by atoms with Crippen molar-refractivity contribution in [1.82, 2.24) is 0 Å². The molecule has 0 aliphatic carbocycles. The molecule has 0 heterocycles. The Morgan fingerprint density at radius 2 is 0.409 bits per heavy atom. The molecule has 0 saturated heterocycles. The normalized spacial score (nSPS) is 15.0. The number of aliphatic hydroxyl groups is 6. The van der Waals surface area contributed by atoms with E-state index in [1.54, 1.807) is 0 Å². The van der Waals surface area contributed by atoms with Gasteiger partial charge in [-0.05, 0) is 128 Å². The molecular formula is C78H142O10. The lowest BCUT2D eigenvalue weighted by Gasteiger charge is -2.43. The molecule has 0 amide bonds. The first-order valence-electron chi connectivity index (χ1n) is 37.7. The second-order valence-corrected chi connectivity index (χ2v) is 26.5. The van der Waals surface area contributed by atoms with Crippen LogP contribution in [0, 0.1) is 0 Å². The lowest BCUT2D eigenvalue weighted by Crippen LogP contribution is -2.71. The number of ketones is 4. The Morgan fingerprint density at radius 3 is 0.602 bits per heavy atom. The van der Waals surface area contributed by atoms with Gasteiger partial charge in [-0.3, -0.25) is 19.2 Å². The molecule has 0 fully saturated rings. The van der Waals surface area contributed by atoms with E-state index in [0.29, 0.717) is 38.5 Å². The topological polar surface area (TPSA) is 190 Å². The molecule has 0 aliphatic heterocycles. The fraction of sp³-hybridized carbons (Fsp3) is 0.846. The molecule has 88 heavy (non-hydrogen) atoms. The summed E-state index contributed by atoms with van der Waals surface area (Å²) >= 11 is 0. The quantitative estimate of drug-likeness (QED) is 0.0252. The Bertz CT molecular complexity index is 1610. The Labute approximate surface area is 541 Å². The van der Waals surface area contributed by atoms with Gasteiger partial charge in [0.25, 0.3) is 0 Å². The molecule has 514 valence electrons. The van der Waals surface area contributed by atoms with Crippen LogP contribution in [0.4, 0.5) is 0 Å². The summed E-state index contributed by atoms with van der Waals surface area (Å²) < 4.78 is 0. The van der Waals surface area contributed by atoms with Crippen LogP contribution >= 0.6 is 0 Å². The number of hydrogen-bond donors (Lipinski definition) is 6. The van der Waals surface area contributed by atoms with Crippen LogP contribution in [0.1, 0.15) is 387 Å². The van der Waals surface area contributed by atoms with Crippen LogP contribution in [0.3, 0.4) is 0 Å². The van der Waals surface area contributed by atoms with Crippen molar-refractivity contribution in [2.24, 2.45) is 0 Å². The average molecular weight is 1240 g/mol. The molecule has 0 aliphatic rings. The van der Waals surface area contributed by atoms with Crippen molar-refractivity contribution in [1.29, 1.82) is 0 Å². The third-order valence-corrected chi connectivity index (χ3v) is 18.2. The van der Waals surface area contributed by atoms with Gasteiger partial charge in [-0.25, -0.2) is 0 Å². The highest BCUT2D eigenvalue weighted by molar-refractivity contribution is 5.99. The van der Waals surface area contributed by atoms with Crippen molar-refractivity contribution >= 4 is 23.1 Å². The summed E-state index contributed by atoms with van der Waals surface area (Å²) in [5.74, 6) is -4.09. The highest BCUT2D eigenvalue weighted by Crippen LogP contribution is 2.33. The summed E-state index contributed by atoms with van der Waals surface area (Å²) in [5, 5.41) is 72.5. The fourth-order valence-corrected chi connectivity index (χ4v) is 12.1. The van der Waals surface area contributed by atoms with Crippen molar-refractivity contribution < 1.29 is 49.8 Å². The highest BCUT2D eigenvalue weighted by Gasteiger charge is 2.62. The van der Waals surface area contributed by atoms with E-state index in [9.17, 15) is 49.8 Å². The van der Waals surface area contributed by atoms with Crippen LogP contribution in [0.5, 0.6) is 0 Å². The monoisotopic (exact) mass is 1240 g/mol. The minimum Gasteiger partial charge on any atom is -0.387 e. The van der Waals surface area contributed by atoms with E-state index in [2.05, 4.69) is 76.3 Å². The first-order valence-corrected chi connectivity index (χ1v) is 37.7. The summed E-state index contributed by atoms with van der Waals surface area (Å²) in [6, 6.07) is 0. The second kappa shape index (κ2) is 61.9. The maximum absolute atomic E-state index is 14.3. The predicted octanol–water partition coefficient (Wildman–Crippen LogP) is 20.3. The Hall–Kier alpha value is -2.60. The number of Topliss-reactive ketones (excluding diaryl/α,β-unsaturated/α-hetero) is 4. The highest BCUT2D eigenvalue weighted by atomic mass is 16.4. The van der Waals surface area contributed by atoms with Gasteiger partial charge >= 0.3 is 0 Å². The van der Waals surface area contributed by atoms with E-state index in [4.69, 9.17) is 0 Å². The number of aliphatic hydroxyl groups excluding tert-OH is 4. The third-order valence-electron chi connectivity index (χ3n) is 18.2. The Morgan fingerprint density at radius 1 is 0.250 bits per heavy atom. The first kappa shape index (κ1) is 85.4. The SMILES string of the molecule is CCCCCCCCC=CCCCCCCCC(=O)C(O)[C@](O)(C(=O)CCCCCCCC=CCCCCCCCC)[C@@H](O)[C@H](O)[C@@](O)(C(=O)CCCCCCCC=CCCCCCCCC)C(O)C(=O)CCCCCCCC=CCCCCCCCC. The second-order valence-electron chi connectivity index (χ2n) is 26.5. The van der Waals surface area contributed by atoms with Gasteiger partial charge < -0.3 is 30.6 Å². The minimum absolute atomic E-state index is 0.221. The zero-order valence-electron chi connectivity index (χ0n) is 57.8. The molecule has 10 heteroatoms. The van der Waals surface area contributed by atoms with Crippen LogP contribution in [-0.4, -0.2) is 89.4 Å². The molecule has 0 aromatic heterocycles. The van der Waals surface area contributed by atoms with Crippen molar-refractivity contribution in [2.45, 2.75) is 423 Å². The van der Waals surface area contributed by atoms with E-state index >= 15 is 0 Å². The fourth-order valence-electron chi connectivity index (χ4n) is 12.1. The molecular weight excluding hydrogens is 1100 g/mol. The number of carbonyl (C=O) groups excluding carboxylic acids is 4. The molecule has 0 radical (unpaired) electrons. The zero-order valence-corrected chi connectivity index (χ0v) is 57.8. The molecule has 0 aromatic carbocycles. The number of unbranched alkanes of at least 4 members (excludes halogenated alkanes) is 44. The van der Waals surface area contributed by atoms with Gasteiger partial charge in [0.1, 0.15) is 12.2 Å². The molecule has 0 bridgehead atoms. The summed E-state index contributed by atoms with van der Waals surface area (Å²) in [4.78, 5) is 56.4. The molecule has 10 nitrogen and oxygen atoms in total. The van der Waals surface area contributed by atoms with E-state index in [1.807, 2.05) is 0 Å². The molecule has 6 N–H and O–H groups in total. The maximum atomic E-state index is 14.3. The van der Waals surface area contributed by atoms with Gasteiger partial charge in [-0.2, -0.15) is 0 Å². The molecule has 2 unspecified atom stereocenters. The van der Waals surface area contributed by atoms with Crippen molar-refractivity contribution in [2.75, 3.05) is 0 Å². The van der Waals surface area contributed by atoms with E-state index in [0.717, 1.165) is 128 Å². The van der Waals surface area contributed by atoms with Gasteiger partial charge in [-0.1, -0.05) is 282 Å². The predicted molar refractivity (Wildman–Crippen MR) is 372 cm³/mol. The van der Waals surface area contributed by atoms with Crippen LogP contribution in [-0.2, 0) is 19.2 Å². The van der Waals surface area contributed by atoms with Crippen LogP contribution in [0.15, 0.2) is 48.6 Å². The van der Waals surface area contributed by atoms with Gasteiger partial charge in [0.15, 0.2) is 46.5 Å². The van der Waals surface area contributed by atoms with Gasteiger partial charge in [0.2, 0.25) is 0 Å². The third kappa shape index (κ3) is 44.0. The number of rotatable bonds is 69. The molecule has 6 atom stereocenters. The van der Waals surface area contributed by atoms with E-state index < -0.39 is 58.8 Å². The zero-order chi connectivity index (χ0) is 64.9. The van der Waals surface area contributed by atoms with E-state index in [1.165, 1.54) is 154 Å². The number of allylic oxidation sites excluding steroid dienone is 8. The van der Waals surface area contributed by atoms with E-state index in [-0.39, 0.29) is 38.5 Å². The standard InChI is InChI=1S/C78H142O10/c1-5-9-13-17-21-25-29-33-37-41-45-49-53-57-61-65-69(79)73(83)77(87,71(81)67-63-59-55-51-47-43-39-35-31-27-23-19-15-11-7-3)75(85)76(86)78(88,72(82)68-64-60-56-52-48-44-40-36-32-28-24-20-16-12-8-4)74(84)70(80)66-62-58-54-50-46-42-38-34-30-26-22-18-14-10-6-2/h33-40,73-76,83-88H,5-32,41-68H2,1-4H3/t73?,74?,75-,76-,77+,78+/m0/s1. The largest absolute Gasteiger partial charge is 0.387 e. The molecule has 0 aromatic rings. The van der Waals surface area contributed by atoms with Crippen molar-refractivity contribution in [3.63, 3.8) is 0 Å². The Kier molecular flexibility index (Phi) is 60.1. The smallest absolute Gasteiger partial charge is 0.184 e. The number of carbonyl (C=O) groups is 4.